The maximum Gasteiger partial charge on any atom is 0.215 e. The van der Waals surface area contributed by atoms with Crippen LogP contribution >= 0.6 is 15.9 Å². The van der Waals surface area contributed by atoms with Crippen molar-refractivity contribution in [2.24, 2.45) is 0 Å². The lowest BCUT2D eigenvalue weighted by atomic mass is 10.2. The lowest BCUT2D eigenvalue weighted by Gasteiger charge is -2.02. The van der Waals surface area contributed by atoms with Crippen LogP contribution in [0.1, 0.15) is 5.56 Å². The highest BCUT2D eigenvalue weighted by molar-refractivity contribution is 9.08. The average Bonchev–Trinajstić information content (AvgIpc) is 2.17. The molecule has 2 rings (SSSR count). The summed E-state index contributed by atoms with van der Waals surface area (Å²) in [6.45, 7) is 0. The van der Waals surface area contributed by atoms with Gasteiger partial charge in [0.2, 0.25) is 5.88 Å². The van der Waals surface area contributed by atoms with Gasteiger partial charge < -0.3 is 5.11 Å². The number of fused-ring (bicyclic) bond motifs is 1. The van der Waals surface area contributed by atoms with E-state index in [0.717, 1.165) is 16.5 Å². The number of para-hydroxylation sites is 1. The van der Waals surface area contributed by atoms with Gasteiger partial charge in [0.1, 0.15) is 0 Å². The number of halogens is 1. The molecule has 0 spiro atoms. The molecule has 0 amide bonds. The summed E-state index contributed by atoms with van der Waals surface area (Å²) in [6.07, 6.45) is 0. The monoisotopic (exact) mass is 237 g/mol. The molecular formula is C10H8BrNO. The predicted molar refractivity (Wildman–Crippen MR) is 56.0 cm³/mol. The number of nitrogens with zero attached hydrogens (tertiary/aromatic N) is 1. The molecule has 0 saturated carbocycles. The smallest absolute Gasteiger partial charge is 0.215 e. The lowest BCUT2D eigenvalue weighted by molar-refractivity contribution is 0.451. The van der Waals surface area contributed by atoms with Crippen LogP contribution in [0.5, 0.6) is 5.88 Å². The summed E-state index contributed by atoms with van der Waals surface area (Å²) in [5.41, 5.74) is 1.64. The second-order valence-electron chi connectivity index (χ2n) is 2.80. The highest BCUT2D eigenvalue weighted by atomic mass is 79.9. The molecule has 2 aromatic rings. The van der Waals surface area contributed by atoms with E-state index in [-0.39, 0.29) is 5.88 Å². The molecule has 3 heteroatoms. The van der Waals surface area contributed by atoms with Gasteiger partial charge in [0, 0.05) is 16.3 Å². The van der Waals surface area contributed by atoms with Gasteiger partial charge in [0.15, 0.2) is 0 Å². The third kappa shape index (κ3) is 1.52. The predicted octanol–water partition coefficient (Wildman–Crippen LogP) is 2.84. The molecule has 1 aromatic heterocycles. The van der Waals surface area contributed by atoms with Crippen molar-refractivity contribution in [3.05, 3.63) is 35.9 Å². The number of aromatic nitrogens is 1. The van der Waals surface area contributed by atoms with Crippen molar-refractivity contribution in [1.82, 2.24) is 4.98 Å². The molecule has 0 aliphatic rings. The van der Waals surface area contributed by atoms with E-state index in [2.05, 4.69) is 20.9 Å². The second-order valence-corrected chi connectivity index (χ2v) is 3.36. The molecular weight excluding hydrogens is 230 g/mol. The van der Waals surface area contributed by atoms with Crippen molar-refractivity contribution in [1.29, 1.82) is 0 Å². The van der Waals surface area contributed by atoms with Crippen LogP contribution < -0.4 is 0 Å². The fourth-order valence-corrected chi connectivity index (χ4v) is 1.66. The van der Waals surface area contributed by atoms with Crippen molar-refractivity contribution in [2.45, 2.75) is 5.33 Å². The maximum atomic E-state index is 9.47. The first-order valence-electron chi connectivity index (χ1n) is 3.95. The Morgan fingerprint density at radius 1 is 1.31 bits per heavy atom. The van der Waals surface area contributed by atoms with Crippen LogP contribution in [0.25, 0.3) is 10.9 Å². The lowest BCUT2D eigenvalue weighted by Crippen LogP contribution is -1.85. The van der Waals surface area contributed by atoms with Crippen LogP contribution in [-0.4, -0.2) is 10.1 Å². The fourth-order valence-electron chi connectivity index (χ4n) is 1.25. The number of alkyl halides is 1. The zero-order chi connectivity index (χ0) is 9.26. The maximum absolute atomic E-state index is 9.47. The summed E-state index contributed by atoms with van der Waals surface area (Å²) >= 11 is 3.29. The molecule has 0 saturated heterocycles. The summed E-state index contributed by atoms with van der Waals surface area (Å²) < 4.78 is 0. The van der Waals surface area contributed by atoms with E-state index in [1.54, 1.807) is 0 Å². The third-order valence-electron chi connectivity index (χ3n) is 1.92. The van der Waals surface area contributed by atoms with Crippen LogP contribution in [0.15, 0.2) is 30.3 Å². The summed E-state index contributed by atoms with van der Waals surface area (Å²) in [4.78, 5) is 4.07. The molecule has 0 atom stereocenters. The van der Waals surface area contributed by atoms with Crippen molar-refractivity contribution < 1.29 is 5.11 Å². The van der Waals surface area contributed by atoms with Gasteiger partial charge >= 0.3 is 0 Å². The third-order valence-corrected chi connectivity index (χ3v) is 2.53. The van der Waals surface area contributed by atoms with Crippen molar-refractivity contribution in [3.8, 4) is 5.88 Å². The van der Waals surface area contributed by atoms with Gasteiger partial charge in [-0.05, 0) is 12.1 Å². The molecule has 1 N–H and O–H groups in total. The molecule has 13 heavy (non-hydrogen) atoms. The average molecular weight is 238 g/mol. The Balaban J connectivity index is 2.74. The fraction of sp³-hybridized carbons (Fsp3) is 0.100. The van der Waals surface area contributed by atoms with E-state index in [0.29, 0.717) is 5.33 Å². The van der Waals surface area contributed by atoms with E-state index < -0.39 is 0 Å². The van der Waals surface area contributed by atoms with Crippen LogP contribution in [0, 0.1) is 0 Å². The van der Waals surface area contributed by atoms with Crippen LogP contribution in [0.3, 0.4) is 0 Å². The number of pyridine rings is 1. The number of hydrogen-bond acceptors (Lipinski definition) is 2. The number of hydrogen-bond donors (Lipinski definition) is 1. The highest BCUT2D eigenvalue weighted by Gasteiger charge is 2.02. The number of aromatic hydroxyl groups is 1. The summed E-state index contributed by atoms with van der Waals surface area (Å²) in [6, 6.07) is 9.66. The zero-order valence-corrected chi connectivity index (χ0v) is 8.45. The molecule has 0 unspecified atom stereocenters. The van der Waals surface area contributed by atoms with Crippen LogP contribution in [0.2, 0.25) is 0 Å². The Morgan fingerprint density at radius 3 is 2.85 bits per heavy atom. The molecule has 0 fully saturated rings. The van der Waals surface area contributed by atoms with Crippen LogP contribution in [0.4, 0.5) is 0 Å². The van der Waals surface area contributed by atoms with E-state index in [1.165, 1.54) is 0 Å². The second kappa shape index (κ2) is 3.34. The van der Waals surface area contributed by atoms with Gasteiger partial charge in [0.25, 0.3) is 0 Å². The van der Waals surface area contributed by atoms with Gasteiger partial charge in [-0.15, -0.1) is 0 Å². The normalized spacial score (nSPS) is 10.5. The SMILES string of the molecule is Oc1nc2ccccc2cc1CBr. The van der Waals surface area contributed by atoms with E-state index in [9.17, 15) is 5.11 Å². The molecule has 0 aliphatic carbocycles. The van der Waals surface area contributed by atoms with Gasteiger partial charge in [-0.2, -0.15) is 0 Å². The first-order chi connectivity index (χ1) is 6.31. The summed E-state index contributed by atoms with van der Waals surface area (Å²) in [5, 5.41) is 11.1. The molecule has 0 bridgehead atoms. The molecule has 0 radical (unpaired) electrons. The first-order valence-corrected chi connectivity index (χ1v) is 5.07. The minimum Gasteiger partial charge on any atom is -0.493 e. The minimum absolute atomic E-state index is 0.107. The van der Waals surface area contributed by atoms with E-state index in [4.69, 9.17) is 0 Å². The Kier molecular flexibility index (Phi) is 2.19. The van der Waals surface area contributed by atoms with E-state index >= 15 is 0 Å². The topological polar surface area (TPSA) is 33.1 Å². The molecule has 2 nitrogen and oxygen atoms in total. The summed E-state index contributed by atoms with van der Waals surface area (Å²) in [7, 11) is 0. The quantitative estimate of drug-likeness (QED) is 0.775. The molecule has 1 heterocycles. The highest BCUT2D eigenvalue weighted by Crippen LogP contribution is 2.22. The van der Waals surface area contributed by atoms with Gasteiger partial charge in [0.05, 0.1) is 5.52 Å². The molecule has 1 aromatic carbocycles. The number of rotatable bonds is 1. The Morgan fingerprint density at radius 2 is 2.08 bits per heavy atom. The van der Waals surface area contributed by atoms with Gasteiger partial charge in [-0.3, -0.25) is 0 Å². The standard InChI is InChI=1S/C10H8BrNO/c11-6-8-5-7-3-1-2-4-9(7)12-10(8)13/h1-5H,6H2,(H,12,13). The Hall–Kier alpha value is -1.09. The zero-order valence-electron chi connectivity index (χ0n) is 6.87. The van der Waals surface area contributed by atoms with Crippen molar-refractivity contribution >= 4 is 26.8 Å². The van der Waals surface area contributed by atoms with Crippen molar-refractivity contribution in [3.63, 3.8) is 0 Å². The van der Waals surface area contributed by atoms with Crippen molar-refractivity contribution in [2.75, 3.05) is 0 Å². The first kappa shape index (κ1) is 8.51. The molecule has 0 aliphatic heterocycles. The Bertz CT molecular complexity index is 442. The van der Waals surface area contributed by atoms with Gasteiger partial charge in [-0.1, -0.05) is 34.1 Å². The van der Waals surface area contributed by atoms with Gasteiger partial charge in [-0.25, -0.2) is 4.98 Å². The minimum atomic E-state index is 0.107. The summed E-state index contributed by atoms with van der Waals surface area (Å²) in [5.74, 6) is 0.107. The van der Waals surface area contributed by atoms with Crippen LogP contribution in [-0.2, 0) is 5.33 Å². The number of benzene rings is 1. The molecule has 66 valence electrons. The Labute approximate surface area is 84.4 Å². The largest absolute Gasteiger partial charge is 0.493 e. The van der Waals surface area contributed by atoms with E-state index in [1.807, 2.05) is 30.3 Å².